The molecule has 0 bridgehead atoms. The molecule has 2 aliphatic rings. The molecule has 1 aromatic carbocycles. The van der Waals surface area contributed by atoms with E-state index in [0.29, 0.717) is 42.8 Å². The summed E-state index contributed by atoms with van der Waals surface area (Å²) in [7, 11) is 0. The Balaban J connectivity index is 1.47. The van der Waals surface area contributed by atoms with E-state index in [1.807, 2.05) is 41.8 Å². The molecule has 7 heteroatoms. The molecule has 1 aliphatic carbocycles. The van der Waals surface area contributed by atoms with Gasteiger partial charge < -0.3 is 23.9 Å². The summed E-state index contributed by atoms with van der Waals surface area (Å²) < 4.78 is 13.2. The molecule has 1 saturated carbocycles. The van der Waals surface area contributed by atoms with Crippen LogP contribution in [-0.2, 0) is 17.9 Å². The van der Waals surface area contributed by atoms with Gasteiger partial charge in [0.05, 0.1) is 24.9 Å². The predicted molar refractivity (Wildman–Crippen MR) is 139 cm³/mol. The second-order valence-corrected chi connectivity index (χ2v) is 10.8. The van der Waals surface area contributed by atoms with Crippen molar-refractivity contribution in [1.82, 2.24) is 14.8 Å². The van der Waals surface area contributed by atoms with Gasteiger partial charge in [0.1, 0.15) is 17.0 Å². The highest BCUT2D eigenvalue weighted by Gasteiger charge is 2.48. The number of hydrogen-bond donors (Lipinski definition) is 1. The lowest BCUT2D eigenvalue weighted by Crippen LogP contribution is -2.65. The molecular formula is C29H37N3O4. The van der Waals surface area contributed by atoms with E-state index in [1.54, 1.807) is 17.2 Å². The minimum Gasteiger partial charge on any atom is -0.494 e. The Bertz CT molecular complexity index is 1240. The highest BCUT2D eigenvalue weighted by Crippen LogP contribution is 2.35. The third-order valence-electron chi connectivity index (χ3n) is 8.30. The quantitative estimate of drug-likeness (QED) is 0.482. The smallest absolute Gasteiger partial charge is 0.271 e. The lowest BCUT2D eigenvalue weighted by Gasteiger charge is -2.45. The van der Waals surface area contributed by atoms with Crippen molar-refractivity contribution >= 4 is 22.9 Å². The van der Waals surface area contributed by atoms with Crippen molar-refractivity contribution < 1.29 is 18.7 Å². The summed E-state index contributed by atoms with van der Waals surface area (Å²) in [4.78, 5) is 29.6. The average Bonchev–Trinajstić information content (AvgIpc) is 3.46. The van der Waals surface area contributed by atoms with Crippen LogP contribution in [0, 0.1) is 11.8 Å². The Labute approximate surface area is 212 Å². The van der Waals surface area contributed by atoms with Gasteiger partial charge in [-0.3, -0.25) is 9.59 Å². The predicted octanol–water partition coefficient (Wildman–Crippen LogP) is 5.38. The molecule has 192 valence electrons. The Kier molecular flexibility index (Phi) is 6.58. The monoisotopic (exact) mass is 491 g/mol. The van der Waals surface area contributed by atoms with E-state index >= 15 is 0 Å². The van der Waals surface area contributed by atoms with Crippen LogP contribution in [0.5, 0.6) is 5.75 Å². The Morgan fingerprint density at radius 2 is 1.97 bits per heavy atom. The van der Waals surface area contributed by atoms with E-state index in [4.69, 9.17) is 9.15 Å². The number of hydrogen-bond acceptors (Lipinski definition) is 4. The van der Waals surface area contributed by atoms with Gasteiger partial charge in [-0.15, -0.1) is 0 Å². The second kappa shape index (κ2) is 9.68. The van der Waals surface area contributed by atoms with E-state index in [2.05, 4.69) is 26.1 Å². The number of nitrogens with zero attached hydrogens (tertiary/aromatic N) is 2. The number of carbonyl (C=O) groups is 2. The molecule has 1 N–H and O–H groups in total. The first kappa shape index (κ1) is 24.5. The van der Waals surface area contributed by atoms with Crippen LogP contribution in [-0.4, -0.2) is 39.5 Å². The number of amides is 2. The fourth-order valence-corrected chi connectivity index (χ4v) is 5.72. The van der Waals surface area contributed by atoms with E-state index in [0.717, 1.165) is 36.1 Å². The third kappa shape index (κ3) is 4.29. The topological polar surface area (TPSA) is 76.7 Å². The normalized spacial score (nSPS) is 26.2. The maximum absolute atomic E-state index is 14.0. The van der Waals surface area contributed by atoms with E-state index in [9.17, 15) is 9.59 Å². The van der Waals surface area contributed by atoms with Gasteiger partial charge in [0.15, 0.2) is 5.58 Å². The van der Waals surface area contributed by atoms with E-state index < -0.39 is 5.54 Å². The average molecular weight is 492 g/mol. The van der Waals surface area contributed by atoms with Crippen molar-refractivity contribution in [1.29, 1.82) is 0 Å². The molecule has 0 radical (unpaired) electrons. The standard InChI is InChI=1S/C29H37N3O4/c1-5-14-35-22-11-9-21(10-12-22)17-32-27(33)25-16-26-24(13-15-36-26)31(25)18-29(32,4)28(34)30-23-8-6-7-19(2)20(23)3/h9-13,15-16,19-20,23H,5-8,14,17-18H2,1-4H3,(H,30,34)/t19-,20+,23-,29-/m1/s1. The number of furan rings is 1. The molecule has 4 atom stereocenters. The summed E-state index contributed by atoms with van der Waals surface area (Å²) in [5.74, 6) is 1.51. The number of fused-ring (bicyclic) bond motifs is 3. The van der Waals surface area contributed by atoms with Crippen LogP contribution in [0.4, 0.5) is 0 Å². The van der Waals surface area contributed by atoms with Crippen LogP contribution >= 0.6 is 0 Å². The Morgan fingerprint density at radius 1 is 1.19 bits per heavy atom. The molecule has 1 aliphatic heterocycles. The second-order valence-electron chi connectivity index (χ2n) is 10.8. The number of nitrogens with one attached hydrogen (secondary N) is 1. The van der Waals surface area contributed by atoms with Crippen LogP contribution in [0.15, 0.2) is 47.1 Å². The van der Waals surface area contributed by atoms with Crippen LogP contribution in [0.1, 0.15) is 69.4 Å². The number of carbonyl (C=O) groups excluding carboxylic acids is 2. The van der Waals surface area contributed by atoms with Crippen LogP contribution in [0.3, 0.4) is 0 Å². The number of aromatic nitrogens is 1. The van der Waals surface area contributed by atoms with Crippen molar-refractivity contribution in [3.05, 3.63) is 53.9 Å². The molecule has 0 saturated heterocycles. The molecule has 7 nitrogen and oxygen atoms in total. The molecular weight excluding hydrogens is 454 g/mol. The molecule has 2 amide bonds. The molecule has 3 heterocycles. The minimum atomic E-state index is -1.05. The van der Waals surface area contributed by atoms with E-state index in [1.165, 1.54) is 6.42 Å². The molecule has 36 heavy (non-hydrogen) atoms. The molecule has 5 rings (SSSR count). The Hall–Kier alpha value is -3.22. The largest absolute Gasteiger partial charge is 0.494 e. The molecule has 1 fully saturated rings. The highest BCUT2D eigenvalue weighted by atomic mass is 16.5. The first-order chi connectivity index (χ1) is 17.3. The van der Waals surface area contributed by atoms with Gasteiger partial charge in [-0.25, -0.2) is 0 Å². The summed E-state index contributed by atoms with van der Waals surface area (Å²) in [6.07, 6.45) is 5.84. The maximum Gasteiger partial charge on any atom is 0.271 e. The Morgan fingerprint density at radius 3 is 2.72 bits per heavy atom. The van der Waals surface area contributed by atoms with Crippen molar-refractivity contribution in [3.63, 3.8) is 0 Å². The third-order valence-corrected chi connectivity index (χ3v) is 8.30. The fraction of sp³-hybridized carbons (Fsp3) is 0.517. The van der Waals surface area contributed by atoms with Gasteiger partial charge >= 0.3 is 0 Å². The lowest BCUT2D eigenvalue weighted by atomic mass is 9.77. The zero-order chi connectivity index (χ0) is 25.4. The van der Waals surface area contributed by atoms with Crippen LogP contribution in [0.2, 0.25) is 0 Å². The summed E-state index contributed by atoms with van der Waals surface area (Å²) in [6, 6.07) is 11.6. The summed E-state index contributed by atoms with van der Waals surface area (Å²) in [5.41, 5.74) is 1.96. The molecule has 2 aromatic heterocycles. The maximum atomic E-state index is 14.0. The first-order valence-corrected chi connectivity index (χ1v) is 13.2. The van der Waals surface area contributed by atoms with Gasteiger partial charge in [-0.05, 0) is 49.3 Å². The summed E-state index contributed by atoms with van der Waals surface area (Å²) in [6.45, 7) is 9.82. The van der Waals surface area contributed by atoms with Crippen molar-refractivity contribution in [3.8, 4) is 5.75 Å². The summed E-state index contributed by atoms with van der Waals surface area (Å²) in [5, 5.41) is 3.35. The highest BCUT2D eigenvalue weighted by molar-refractivity contribution is 6.02. The number of benzene rings is 1. The van der Waals surface area contributed by atoms with Gasteiger partial charge in [-0.2, -0.15) is 0 Å². The van der Waals surface area contributed by atoms with Gasteiger partial charge in [0, 0.05) is 24.7 Å². The zero-order valence-corrected chi connectivity index (χ0v) is 21.8. The van der Waals surface area contributed by atoms with Crippen molar-refractivity contribution in [2.24, 2.45) is 11.8 Å². The summed E-state index contributed by atoms with van der Waals surface area (Å²) >= 11 is 0. The zero-order valence-electron chi connectivity index (χ0n) is 21.8. The van der Waals surface area contributed by atoms with E-state index in [-0.39, 0.29) is 17.9 Å². The van der Waals surface area contributed by atoms with Crippen molar-refractivity contribution in [2.75, 3.05) is 6.61 Å². The van der Waals surface area contributed by atoms with Crippen LogP contribution < -0.4 is 10.1 Å². The number of rotatable bonds is 7. The number of ether oxygens (including phenoxy) is 1. The van der Waals surface area contributed by atoms with Gasteiger partial charge in [0.25, 0.3) is 5.91 Å². The van der Waals surface area contributed by atoms with Crippen LogP contribution in [0.25, 0.3) is 11.1 Å². The lowest BCUT2D eigenvalue weighted by molar-refractivity contribution is -0.134. The molecule has 0 unspecified atom stereocenters. The molecule has 3 aromatic rings. The minimum absolute atomic E-state index is 0.0966. The van der Waals surface area contributed by atoms with Crippen molar-refractivity contribution in [2.45, 2.75) is 78.0 Å². The van der Waals surface area contributed by atoms with Gasteiger partial charge in [0.2, 0.25) is 5.91 Å². The fourth-order valence-electron chi connectivity index (χ4n) is 5.72. The SMILES string of the molecule is CCCOc1ccc(CN2C(=O)c3cc4occc4n3C[C@]2(C)C(=O)N[C@@H]2CCC[C@@H](C)[C@@H]2C)cc1. The first-order valence-electron chi connectivity index (χ1n) is 13.2. The van der Waals surface area contributed by atoms with Gasteiger partial charge in [-0.1, -0.05) is 45.7 Å². The molecule has 0 spiro atoms.